The SMILES string of the molecule is Cc1cc(C)c(NC(=O)CNC(=O)c2cccnc2Sc2ccccc2)c(C)c1. The number of pyridine rings is 1. The summed E-state index contributed by atoms with van der Waals surface area (Å²) in [6, 6.07) is 17.2. The van der Waals surface area contributed by atoms with Gasteiger partial charge in [-0.25, -0.2) is 4.98 Å². The van der Waals surface area contributed by atoms with Crippen molar-refractivity contribution < 1.29 is 9.59 Å². The fourth-order valence-corrected chi connectivity index (χ4v) is 3.96. The summed E-state index contributed by atoms with van der Waals surface area (Å²) in [5.41, 5.74) is 4.37. The second-order valence-corrected chi connectivity index (χ2v) is 7.84. The molecule has 0 saturated heterocycles. The average Bonchev–Trinajstić information content (AvgIpc) is 2.70. The van der Waals surface area contributed by atoms with Crippen molar-refractivity contribution in [2.24, 2.45) is 0 Å². The molecule has 3 aromatic rings. The number of nitrogens with zero attached hydrogens (tertiary/aromatic N) is 1. The summed E-state index contributed by atoms with van der Waals surface area (Å²) in [6.07, 6.45) is 1.65. The average molecular weight is 406 g/mol. The predicted molar refractivity (Wildman–Crippen MR) is 116 cm³/mol. The lowest BCUT2D eigenvalue weighted by molar-refractivity contribution is -0.115. The molecule has 0 radical (unpaired) electrons. The molecule has 0 unspecified atom stereocenters. The fourth-order valence-electron chi connectivity index (χ4n) is 3.06. The minimum absolute atomic E-state index is 0.115. The summed E-state index contributed by atoms with van der Waals surface area (Å²) < 4.78 is 0. The normalized spacial score (nSPS) is 10.4. The summed E-state index contributed by atoms with van der Waals surface area (Å²) in [6.45, 7) is 5.81. The summed E-state index contributed by atoms with van der Waals surface area (Å²) in [5.74, 6) is -0.599. The second-order valence-electron chi connectivity index (χ2n) is 6.78. The van der Waals surface area contributed by atoms with Crippen molar-refractivity contribution in [1.82, 2.24) is 10.3 Å². The van der Waals surface area contributed by atoms with E-state index in [1.165, 1.54) is 11.8 Å². The highest BCUT2D eigenvalue weighted by molar-refractivity contribution is 7.99. The molecule has 0 aliphatic carbocycles. The number of hydrogen-bond donors (Lipinski definition) is 2. The number of carbonyl (C=O) groups excluding carboxylic acids is 2. The van der Waals surface area contributed by atoms with Gasteiger partial charge in [0.25, 0.3) is 5.91 Å². The maximum absolute atomic E-state index is 12.6. The lowest BCUT2D eigenvalue weighted by Gasteiger charge is -2.13. The first kappa shape index (κ1) is 20.6. The number of benzene rings is 2. The van der Waals surface area contributed by atoms with Gasteiger partial charge in [0.05, 0.1) is 12.1 Å². The molecule has 0 fully saturated rings. The Balaban J connectivity index is 1.65. The minimum atomic E-state index is -0.330. The molecule has 1 heterocycles. The number of aromatic nitrogens is 1. The third kappa shape index (κ3) is 5.45. The first-order valence-electron chi connectivity index (χ1n) is 9.28. The number of rotatable bonds is 6. The molecule has 0 bridgehead atoms. The Hall–Kier alpha value is -3.12. The van der Waals surface area contributed by atoms with Crippen LogP contribution in [0.25, 0.3) is 0 Å². The molecule has 2 aromatic carbocycles. The quantitative estimate of drug-likeness (QED) is 0.632. The highest BCUT2D eigenvalue weighted by Gasteiger charge is 2.15. The Morgan fingerprint density at radius 1 is 0.966 bits per heavy atom. The zero-order valence-corrected chi connectivity index (χ0v) is 17.5. The van der Waals surface area contributed by atoms with Crippen LogP contribution in [0.5, 0.6) is 0 Å². The van der Waals surface area contributed by atoms with E-state index >= 15 is 0 Å². The summed E-state index contributed by atoms with van der Waals surface area (Å²) in [4.78, 5) is 30.3. The third-order valence-electron chi connectivity index (χ3n) is 4.32. The van der Waals surface area contributed by atoms with Crippen molar-refractivity contribution in [3.05, 3.63) is 83.0 Å². The van der Waals surface area contributed by atoms with Crippen LogP contribution in [0.15, 0.2) is 70.7 Å². The van der Waals surface area contributed by atoms with Crippen LogP contribution in [0.3, 0.4) is 0 Å². The van der Waals surface area contributed by atoms with Crippen LogP contribution >= 0.6 is 11.8 Å². The van der Waals surface area contributed by atoms with E-state index in [0.29, 0.717) is 10.6 Å². The number of amides is 2. The van der Waals surface area contributed by atoms with Crippen LogP contribution in [0.4, 0.5) is 5.69 Å². The van der Waals surface area contributed by atoms with Crippen molar-refractivity contribution in [3.63, 3.8) is 0 Å². The summed E-state index contributed by atoms with van der Waals surface area (Å²) in [5, 5.41) is 6.18. The Morgan fingerprint density at radius 3 is 2.34 bits per heavy atom. The van der Waals surface area contributed by atoms with Gasteiger partial charge >= 0.3 is 0 Å². The molecule has 3 rings (SSSR count). The molecule has 0 atom stereocenters. The molecule has 0 aliphatic rings. The molecule has 2 amide bonds. The molecule has 1 aromatic heterocycles. The molecule has 0 saturated carbocycles. The molecule has 5 nitrogen and oxygen atoms in total. The smallest absolute Gasteiger partial charge is 0.254 e. The van der Waals surface area contributed by atoms with Gasteiger partial charge in [0, 0.05) is 16.8 Å². The number of hydrogen-bond acceptors (Lipinski definition) is 4. The largest absolute Gasteiger partial charge is 0.343 e. The molecule has 29 heavy (non-hydrogen) atoms. The van der Waals surface area contributed by atoms with Crippen molar-refractivity contribution in [1.29, 1.82) is 0 Å². The maximum Gasteiger partial charge on any atom is 0.254 e. The molecule has 148 valence electrons. The Labute approximate surface area is 175 Å². The van der Waals surface area contributed by atoms with Crippen LogP contribution < -0.4 is 10.6 Å². The van der Waals surface area contributed by atoms with E-state index < -0.39 is 0 Å². The minimum Gasteiger partial charge on any atom is -0.343 e. The maximum atomic E-state index is 12.6. The number of nitrogens with one attached hydrogen (secondary N) is 2. The molecular weight excluding hydrogens is 382 g/mol. The second kappa shape index (κ2) is 9.39. The van der Waals surface area contributed by atoms with E-state index in [9.17, 15) is 9.59 Å². The standard InChI is InChI=1S/C23H23N3O2S/c1-15-12-16(2)21(17(3)13-15)26-20(27)14-25-22(28)19-10-7-11-24-23(19)29-18-8-5-4-6-9-18/h4-13H,14H2,1-3H3,(H,25,28)(H,26,27). The van der Waals surface area contributed by atoms with Crippen molar-refractivity contribution in [2.75, 3.05) is 11.9 Å². The van der Waals surface area contributed by atoms with Gasteiger partial charge in [0.1, 0.15) is 5.03 Å². The van der Waals surface area contributed by atoms with Crippen LogP contribution in [0.2, 0.25) is 0 Å². The van der Waals surface area contributed by atoms with Gasteiger partial charge in [0.2, 0.25) is 5.91 Å². The van der Waals surface area contributed by atoms with Crippen LogP contribution in [-0.2, 0) is 4.79 Å². The van der Waals surface area contributed by atoms with Crippen LogP contribution in [0, 0.1) is 20.8 Å². The van der Waals surface area contributed by atoms with E-state index in [1.54, 1.807) is 18.3 Å². The molecule has 0 spiro atoms. The summed E-state index contributed by atoms with van der Waals surface area (Å²) >= 11 is 1.41. The van der Waals surface area contributed by atoms with Gasteiger partial charge in [-0.2, -0.15) is 0 Å². The van der Waals surface area contributed by atoms with Gasteiger partial charge in [-0.1, -0.05) is 47.7 Å². The van der Waals surface area contributed by atoms with E-state index in [2.05, 4.69) is 15.6 Å². The fraction of sp³-hybridized carbons (Fsp3) is 0.174. The van der Waals surface area contributed by atoms with E-state index in [0.717, 1.165) is 27.3 Å². The van der Waals surface area contributed by atoms with E-state index in [-0.39, 0.29) is 18.4 Å². The van der Waals surface area contributed by atoms with E-state index in [1.807, 2.05) is 63.2 Å². The monoisotopic (exact) mass is 405 g/mol. The molecule has 2 N–H and O–H groups in total. The Morgan fingerprint density at radius 2 is 1.66 bits per heavy atom. The highest BCUT2D eigenvalue weighted by Crippen LogP contribution is 2.28. The van der Waals surface area contributed by atoms with Gasteiger partial charge < -0.3 is 10.6 Å². The molecule has 6 heteroatoms. The van der Waals surface area contributed by atoms with Crippen molar-refractivity contribution >= 4 is 29.3 Å². The zero-order chi connectivity index (χ0) is 20.8. The van der Waals surface area contributed by atoms with Gasteiger partial charge in [-0.15, -0.1) is 0 Å². The number of aryl methyl sites for hydroxylation is 3. The molecular formula is C23H23N3O2S. The predicted octanol–water partition coefficient (Wildman–Crippen LogP) is 4.53. The first-order chi connectivity index (χ1) is 13.9. The van der Waals surface area contributed by atoms with Gasteiger partial charge in [-0.05, 0) is 56.2 Å². The Bertz CT molecular complexity index is 1010. The Kier molecular flexibility index (Phi) is 6.67. The van der Waals surface area contributed by atoms with Crippen LogP contribution in [-0.4, -0.2) is 23.3 Å². The number of carbonyl (C=O) groups is 2. The highest BCUT2D eigenvalue weighted by atomic mass is 32.2. The third-order valence-corrected chi connectivity index (χ3v) is 5.35. The topological polar surface area (TPSA) is 71.1 Å². The summed E-state index contributed by atoms with van der Waals surface area (Å²) in [7, 11) is 0. The van der Waals surface area contributed by atoms with Crippen LogP contribution in [0.1, 0.15) is 27.0 Å². The van der Waals surface area contributed by atoms with Crippen molar-refractivity contribution in [2.45, 2.75) is 30.7 Å². The van der Waals surface area contributed by atoms with Gasteiger partial charge in [0.15, 0.2) is 0 Å². The van der Waals surface area contributed by atoms with E-state index in [4.69, 9.17) is 0 Å². The lowest BCUT2D eigenvalue weighted by atomic mass is 10.1. The lowest BCUT2D eigenvalue weighted by Crippen LogP contribution is -2.33. The zero-order valence-electron chi connectivity index (χ0n) is 16.7. The van der Waals surface area contributed by atoms with Gasteiger partial charge in [-0.3, -0.25) is 9.59 Å². The van der Waals surface area contributed by atoms with Crippen molar-refractivity contribution in [3.8, 4) is 0 Å². The number of anilines is 1. The molecule has 0 aliphatic heterocycles. The first-order valence-corrected chi connectivity index (χ1v) is 10.1.